The molecule has 2 rings (SSSR count). The Kier molecular flexibility index (Phi) is 4.09. The normalized spacial score (nSPS) is 26.6. The molecule has 18 heavy (non-hydrogen) atoms. The first-order valence-corrected chi connectivity index (χ1v) is 7.71. The Bertz CT molecular complexity index is 394. The van der Waals surface area contributed by atoms with Crippen molar-refractivity contribution in [1.82, 2.24) is 9.88 Å². The number of hydrogen-bond acceptors (Lipinski definition) is 4. The molecule has 0 saturated carbocycles. The molecular weight excluding hydrogens is 242 g/mol. The summed E-state index contributed by atoms with van der Waals surface area (Å²) in [7, 11) is 0. The van der Waals surface area contributed by atoms with Crippen LogP contribution in [0.3, 0.4) is 0 Å². The number of aromatic nitrogens is 1. The van der Waals surface area contributed by atoms with Crippen molar-refractivity contribution in [3.63, 3.8) is 0 Å². The zero-order valence-electron chi connectivity index (χ0n) is 12.0. The molecule has 0 amide bonds. The largest absolute Gasteiger partial charge is 0.319 e. The van der Waals surface area contributed by atoms with E-state index in [0.717, 1.165) is 30.1 Å². The van der Waals surface area contributed by atoms with Crippen molar-refractivity contribution in [2.45, 2.75) is 58.5 Å². The van der Waals surface area contributed by atoms with E-state index in [0.29, 0.717) is 6.04 Å². The van der Waals surface area contributed by atoms with E-state index >= 15 is 0 Å². The highest BCUT2D eigenvalue weighted by Crippen LogP contribution is 2.34. The van der Waals surface area contributed by atoms with Crippen LogP contribution in [0.2, 0.25) is 0 Å². The monoisotopic (exact) mass is 267 g/mol. The predicted octanol–water partition coefficient (Wildman–Crippen LogP) is 2.81. The number of likely N-dealkylation sites (tertiary alicyclic amines) is 1. The SMILES string of the molecule is Cc1nc(C2(N)CCCN(C(C)C)CC2)sc1C. The molecule has 0 aromatic carbocycles. The van der Waals surface area contributed by atoms with Crippen LogP contribution < -0.4 is 5.73 Å². The number of nitrogens with two attached hydrogens (primary N) is 1. The second-order valence-corrected chi connectivity index (χ2v) is 7.00. The van der Waals surface area contributed by atoms with Crippen molar-refractivity contribution in [2.24, 2.45) is 5.73 Å². The number of rotatable bonds is 2. The number of aryl methyl sites for hydroxylation is 2. The molecule has 1 aliphatic rings. The highest BCUT2D eigenvalue weighted by Gasteiger charge is 2.33. The summed E-state index contributed by atoms with van der Waals surface area (Å²) in [4.78, 5) is 8.53. The van der Waals surface area contributed by atoms with Gasteiger partial charge in [-0.15, -0.1) is 11.3 Å². The van der Waals surface area contributed by atoms with Crippen LogP contribution in [0.4, 0.5) is 0 Å². The van der Waals surface area contributed by atoms with Gasteiger partial charge in [-0.2, -0.15) is 0 Å². The molecule has 1 unspecified atom stereocenters. The van der Waals surface area contributed by atoms with Gasteiger partial charge in [0.25, 0.3) is 0 Å². The second-order valence-electron chi connectivity index (χ2n) is 5.80. The lowest BCUT2D eigenvalue weighted by atomic mass is 9.92. The van der Waals surface area contributed by atoms with Crippen molar-refractivity contribution in [1.29, 1.82) is 0 Å². The van der Waals surface area contributed by atoms with Gasteiger partial charge in [-0.3, -0.25) is 0 Å². The van der Waals surface area contributed by atoms with Gasteiger partial charge in [0.2, 0.25) is 0 Å². The molecule has 4 heteroatoms. The van der Waals surface area contributed by atoms with Crippen molar-refractivity contribution in [2.75, 3.05) is 13.1 Å². The van der Waals surface area contributed by atoms with Gasteiger partial charge in [0.1, 0.15) is 5.01 Å². The summed E-state index contributed by atoms with van der Waals surface area (Å²) in [5, 5.41) is 1.14. The summed E-state index contributed by atoms with van der Waals surface area (Å²) >= 11 is 1.78. The lowest BCUT2D eigenvalue weighted by Gasteiger charge is -2.27. The summed E-state index contributed by atoms with van der Waals surface area (Å²) in [5.74, 6) is 0. The zero-order chi connectivity index (χ0) is 13.3. The average Bonchev–Trinajstić information content (AvgIpc) is 2.53. The van der Waals surface area contributed by atoms with Gasteiger partial charge >= 0.3 is 0 Å². The number of hydrogen-bond donors (Lipinski definition) is 1. The van der Waals surface area contributed by atoms with Crippen LogP contribution in [-0.4, -0.2) is 29.0 Å². The van der Waals surface area contributed by atoms with E-state index < -0.39 is 0 Å². The van der Waals surface area contributed by atoms with Crippen LogP contribution >= 0.6 is 11.3 Å². The number of thiazole rings is 1. The molecule has 0 spiro atoms. The molecule has 1 fully saturated rings. The second kappa shape index (κ2) is 5.27. The van der Waals surface area contributed by atoms with Crippen LogP contribution in [0.1, 0.15) is 48.7 Å². The minimum Gasteiger partial charge on any atom is -0.319 e. The van der Waals surface area contributed by atoms with Crippen molar-refractivity contribution >= 4 is 11.3 Å². The van der Waals surface area contributed by atoms with Crippen molar-refractivity contribution in [3.8, 4) is 0 Å². The lowest BCUT2D eigenvalue weighted by molar-refractivity contribution is 0.225. The van der Waals surface area contributed by atoms with Crippen LogP contribution in [0.5, 0.6) is 0 Å². The molecule has 1 aromatic rings. The summed E-state index contributed by atoms with van der Waals surface area (Å²) in [6.45, 7) is 11.0. The van der Waals surface area contributed by atoms with Crippen LogP contribution in [0.15, 0.2) is 0 Å². The molecule has 0 bridgehead atoms. The summed E-state index contributed by atoms with van der Waals surface area (Å²) in [5.41, 5.74) is 7.59. The minimum atomic E-state index is -0.201. The Balaban J connectivity index is 2.16. The first kappa shape index (κ1) is 14.0. The van der Waals surface area contributed by atoms with E-state index in [1.807, 2.05) is 0 Å². The molecular formula is C14H25N3S. The van der Waals surface area contributed by atoms with Gasteiger partial charge in [0.05, 0.1) is 11.2 Å². The fourth-order valence-electron chi connectivity index (χ4n) is 2.59. The topological polar surface area (TPSA) is 42.1 Å². The molecule has 2 N–H and O–H groups in total. The third-order valence-corrected chi connectivity index (χ3v) is 5.39. The third-order valence-electron chi connectivity index (χ3n) is 4.10. The van der Waals surface area contributed by atoms with Gasteiger partial charge < -0.3 is 10.6 Å². The lowest BCUT2D eigenvalue weighted by Crippen LogP contribution is -2.38. The van der Waals surface area contributed by atoms with Gasteiger partial charge in [-0.25, -0.2) is 4.98 Å². The maximum atomic E-state index is 6.65. The third kappa shape index (κ3) is 2.76. The van der Waals surface area contributed by atoms with Crippen LogP contribution in [0.25, 0.3) is 0 Å². The van der Waals surface area contributed by atoms with E-state index in [2.05, 4.69) is 32.6 Å². The molecule has 1 aromatic heterocycles. The zero-order valence-corrected chi connectivity index (χ0v) is 12.8. The maximum Gasteiger partial charge on any atom is 0.113 e. The van der Waals surface area contributed by atoms with Gasteiger partial charge in [-0.1, -0.05) is 0 Å². The first-order valence-electron chi connectivity index (χ1n) is 6.90. The fraction of sp³-hybridized carbons (Fsp3) is 0.786. The molecule has 2 heterocycles. The predicted molar refractivity (Wildman–Crippen MR) is 78.0 cm³/mol. The highest BCUT2D eigenvalue weighted by atomic mass is 32.1. The Hall–Kier alpha value is -0.450. The van der Waals surface area contributed by atoms with Gasteiger partial charge in [-0.05, 0) is 53.5 Å². The number of nitrogens with zero attached hydrogens (tertiary/aromatic N) is 2. The summed E-state index contributed by atoms with van der Waals surface area (Å²) < 4.78 is 0. The molecule has 1 aliphatic heterocycles. The average molecular weight is 267 g/mol. The minimum absolute atomic E-state index is 0.201. The van der Waals surface area contributed by atoms with E-state index in [-0.39, 0.29) is 5.54 Å². The maximum absolute atomic E-state index is 6.65. The first-order chi connectivity index (χ1) is 8.42. The van der Waals surface area contributed by atoms with E-state index in [4.69, 9.17) is 10.7 Å². The van der Waals surface area contributed by atoms with Gasteiger partial charge in [0, 0.05) is 17.5 Å². The Morgan fingerprint density at radius 2 is 2.00 bits per heavy atom. The quantitative estimate of drug-likeness (QED) is 0.896. The molecule has 1 saturated heterocycles. The summed E-state index contributed by atoms with van der Waals surface area (Å²) in [6.07, 6.45) is 3.26. The fourth-order valence-corrected chi connectivity index (χ4v) is 3.67. The molecule has 102 valence electrons. The van der Waals surface area contributed by atoms with E-state index in [1.54, 1.807) is 11.3 Å². The van der Waals surface area contributed by atoms with Crippen LogP contribution in [-0.2, 0) is 5.54 Å². The molecule has 1 atom stereocenters. The summed E-state index contributed by atoms with van der Waals surface area (Å²) in [6, 6.07) is 0.618. The van der Waals surface area contributed by atoms with E-state index in [9.17, 15) is 0 Å². The van der Waals surface area contributed by atoms with E-state index in [1.165, 1.54) is 17.8 Å². The Morgan fingerprint density at radius 1 is 1.28 bits per heavy atom. The molecule has 0 aliphatic carbocycles. The molecule has 3 nitrogen and oxygen atoms in total. The Labute approximate surface area is 114 Å². The smallest absolute Gasteiger partial charge is 0.113 e. The Morgan fingerprint density at radius 3 is 2.56 bits per heavy atom. The molecule has 0 radical (unpaired) electrons. The standard InChI is InChI=1S/C14H25N3S/c1-10(2)17-8-5-6-14(15,7-9-17)13-16-11(3)12(4)18-13/h10H,5-9,15H2,1-4H3. The van der Waals surface area contributed by atoms with Crippen LogP contribution in [0, 0.1) is 13.8 Å². The van der Waals surface area contributed by atoms with Gasteiger partial charge in [0.15, 0.2) is 0 Å². The van der Waals surface area contributed by atoms with Crippen molar-refractivity contribution in [3.05, 3.63) is 15.6 Å². The highest BCUT2D eigenvalue weighted by molar-refractivity contribution is 7.11. The van der Waals surface area contributed by atoms with Crippen molar-refractivity contribution < 1.29 is 0 Å².